The SMILES string of the molecule is Cc1cccc(N2C[C@@H](C(=O)[O-])CC2=O)c1C. The van der Waals surface area contributed by atoms with Gasteiger partial charge in [-0.3, -0.25) is 4.79 Å². The summed E-state index contributed by atoms with van der Waals surface area (Å²) in [7, 11) is 0. The monoisotopic (exact) mass is 232 g/mol. The highest BCUT2D eigenvalue weighted by Crippen LogP contribution is 2.28. The largest absolute Gasteiger partial charge is 0.550 e. The van der Waals surface area contributed by atoms with Crippen molar-refractivity contribution in [1.82, 2.24) is 0 Å². The van der Waals surface area contributed by atoms with Crippen molar-refractivity contribution in [2.24, 2.45) is 5.92 Å². The maximum atomic E-state index is 11.8. The number of aliphatic carboxylic acids is 1. The zero-order chi connectivity index (χ0) is 12.6. The second kappa shape index (κ2) is 4.20. The van der Waals surface area contributed by atoms with E-state index in [1.807, 2.05) is 32.0 Å². The average molecular weight is 232 g/mol. The number of carboxylic acid groups (broad SMARTS) is 1. The summed E-state index contributed by atoms with van der Waals surface area (Å²) in [5.74, 6) is -1.98. The predicted octanol–water partition coefficient (Wildman–Crippen LogP) is 0.406. The Hall–Kier alpha value is -1.84. The zero-order valence-electron chi connectivity index (χ0n) is 9.90. The molecule has 1 aromatic rings. The van der Waals surface area contributed by atoms with E-state index < -0.39 is 11.9 Å². The Morgan fingerprint density at radius 3 is 2.71 bits per heavy atom. The topological polar surface area (TPSA) is 60.4 Å². The van der Waals surface area contributed by atoms with E-state index in [1.54, 1.807) is 4.90 Å². The Labute approximate surface area is 99.9 Å². The van der Waals surface area contributed by atoms with Crippen molar-refractivity contribution in [3.05, 3.63) is 29.3 Å². The molecule has 90 valence electrons. The van der Waals surface area contributed by atoms with Crippen LogP contribution in [-0.2, 0) is 9.59 Å². The lowest BCUT2D eigenvalue weighted by atomic mass is 10.1. The first-order valence-corrected chi connectivity index (χ1v) is 5.58. The molecular formula is C13H14NO3-. The van der Waals surface area contributed by atoms with Crippen LogP contribution < -0.4 is 10.0 Å². The number of amides is 1. The van der Waals surface area contributed by atoms with Crippen LogP contribution in [0.5, 0.6) is 0 Å². The summed E-state index contributed by atoms with van der Waals surface area (Å²) in [6, 6.07) is 5.69. The van der Waals surface area contributed by atoms with Crippen LogP contribution in [-0.4, -0.2) is 18.4 Å². The molecule has 4 heteroatoms. The van der Waals surface area contributed by atoms with Gasteiger partial charge in [-0.1, -0.05) is 12.1 Å². The molecule has 0 saturated carbocycles. The van der Waals surface area contributed by atoms with Crippen molar-refractivity contribution >= 4 is 17.6 Å². The highest BCUT2D eigenvalue weighted by Gasteiger charge is 2.32. The van der Waals surface area contributed by atoms with Crippen molar-refractivity contribution in [2.45, 2.75) is 20.3 Å². The Bertz CT molecular complexity index is 482. The van der Waals surface area contributed by atoms with E-state index in [0.29, 0.717) is 0 Å². The van der Waals surface area contributed by atoms with Crippen LogP contribution in [0, 0.1) is 19.8 Å². The van der Waals surface area contributed by atoms with Crippen LogP contribution in [0.1, 0.15) is 17.5 Å². The standard InChI is InChI=1S/C13H15NO3/c1-8-4-3-5-11(9(8)2)14-7-10(13(16)17)6-12(14)15/h3-5,10H,6-7H2,1-2H3,(H,16,17)/p-1/t10-/m0/s1. The second-order valence-electron chi connectivity index (χ2n) is 4.44. The number of carbonyl (C=O) groups excluding carboxylic acids is 2. The maximum absolute atomic E-state index is 11.8. The van der Waals surface area contributed by atoms with Gasteiger partial charge in [0.1, 0.15) is 0 Å². The van der Waals surface area contributed by atoms with Gasteiger partial charge in [0, 0.05) is 30.5 Å². The lowest BCUT2D eigenvalue weighted by Crippen LogP contribution is -2.33. The predicted molar refractivity (Wildman–Crippen MR) is 61.4 cm³/mol. The minimum atomic E-state index is -1.15. The lowest BCUT2D eigenvalue weighted by Gasteiger charge is -2.20. The number of rotatable bonds is 2. The minimum Gasteiger partial charge on any atom is -0.550 e. The van der Waals surface area contributed by atoms with Crippen LogP contribution in [0.25, 0.3) is 0 Å². The van der Waals surface area contributed by atoms with Crippen LogP contribution in [0.4, 0.5) is 5.69 Å². The Morgan fingerprint density at radius 1 is 1.41 bits per heavy atom. The fraction of sp³-hybridized carbons (Fsp3) is 0.385. The van der Waals surface area contributed by atoms with Gasteiger partial charge < -0.3 is 14.8 Å². The molecule has 1 aliphatic heterocycles. The van der Waals surface area contributed by atoms with E-state index in [4.69, 9.17) is 0 Å². The van der Waals surface area contributed by atoms with Crippen molar-refractivity contribution in [3.63, 3.8) is 0 Å². The third-order valence-corrected chi connectivity index (χ3v) is 3.33. The Balaban J connectivity index is 2.32. The van der Waals surface area contributed by atoms with Gasteiger partial charge >= 0.3 is 0 Å². The van der Waals surface area contributed by atoms with Gasteiger partial charge in [-0.25, -0.2) is 0 Å². The molecule has 0 N–H and O–H groups in total. The highest BCUT2D eigenvalue weighted by atomic mass is 16.4. The van der Waals surface area contributed by atoms with Crippen LogP contribution >= 0.6 is 0 Å². The lowest BCUT2D eigenvalue weighted by molar-refractivity contribution is -0.310. The highest BCUT2D eigenvalue weighted by molar-refractivity contribution is 5.99. The molecule has 0 spiro atoms. The quantitative estimate of drug-likeness (QED) is 0.741. The van der Waals surface area contributed by atoms with E-state index >= 15 is 0 Å². The molecule has 1 amide bonds. The molecule has 1 aliphatic rings. The van der Waals surface area contributed by atoms with Crippen molar-refractivity contribution in [2.75, 3.05) is 11.4 Å². The molecule has 1 atom stereocenters. The number of anilines is 1. The van der Waals surface area contributed by atoms with E-state index in [0.717, 1.165) is 16.8 Å². The van der Waals surface area contributed by atoms with Crippen LogP contribution in [0.2, 0.25) is 0 Å². The first kappa shape index (κ1) is 11.6. The van der Waals surface area contributed by atoms with Gasteiger partial charge in [-0.15, -0.1) is 0 Å². The summed E-state index contributed by atoms with van der Waals surface area (Å²) in [5.41, 5.74) is 2.91. The van der Waals surface area contributed by atoms with Gasteiger partial charge in [-0.05, 0) is 31.0 Å². The van der Waals surface area contributed by atoms with Crippen molar-refractivity contribution < 1.29 is 14.7 Å². The third kappa shape index (κ3) is 2.02. The smallest absolute Gasteiger partial charge is 0.227 e. The average Bonchev–Trinajstić information content (AvgIpc) is 2.65. The summed E-state index contributed by atoms with van der Waals surface area (Å²) >= 11 is 0. The molecule has 17 heavy (non-hydrogen) atoms. The molecule has 0 unspecified atom stereocenters. The van der Waals surface area contributed by atoms with E-state index in [1.165, 1.54) is 0 Å². The molecule has 0 aliphatic carbocycles. The normalized spacial score (nSPS) is 19.8. The minimum absolute atomic E-state index is 0.0374. The number of carbonyl (C=O) groups is 2. The first-order chi connectivity index (χ1) is 8.00. The molecule has 1 aromatic carbocycles. The molecule has 1 fully saturated rings. The summed E-state index contributed by atoms with van der Waals surface area (Å²) in [6.45, 7) is 4.12. The first-order valence-electron chi connectivity index (χ1n) is 5.58. The van der Waals surface area contributed by atoms with Crippen molar-refractivity contribution in [3.8, 4) is 0 Å². The molecule has 0 bridgehead atoms. The van der Waals surface area contributed by atoms with E-state index in [2.05, 4.69) is 0 Å². The molecule has 1 heterocycles. The number of benzene rings is 1. The van der Waals surface area contributed by atoms with Gasteiger partial charge in [-0.2, -0.15) is 0 Å². The van der Waals surface area contributed by atoms with Crippen molar-refractivity contribution in [1.29, 1.82) is 0 Å². The third-order valence-electron chi connectivity index (χ3n) is 3.33. The second-order valence-corrected chi connectivity index (χ2v) is 4.44. The molecule has 2 rings (SSSR count). The Morgan fingerprint density at radius 2 is 2.12 bits per heavy atom. The number of aryl methyl sites for hydroxylation is 1. The van der Waals surface area contributed by atoms with E-state index in [9.17, 15) is 14.7 Å². The summed E-state index contributed by atoms with van der Waals surface area (Å²) in [5, 5.41) is 10.8. The molecule has 4 nitrogen and oxygen atoms in total. The van der Waals surface area contributed by atoms with Crippen LogP contribution in [0.3, 0.4) is 0 Å². The molecule has 0 aromatic heterocycles. The van der Waals surface area contributed by atoms with Gasteiger partial charge in [0.2, 0.25) is 5.91 Å². The fourth-order valence-corrected chi connectivity index (χ4v) is 2.13. The summed E-state index contributed by atoms with van der Waals surface area (Å²) in [4.78, 5) is 24.1. The number of carboxylic acids is 1. The molecule has 1 saturated heterocycles. The van der Waals surface area contributed by atoms with E-state index in [-0.39, 0.29) is 18.9 Å². The van der Waals surface area contributed by atoms with Crippen LogP contribution in [0.15, 0.2) is 18.2 Å². The zero-order valence-corrected chi connectivity index (χ0v) is 9.90. The Kier molecular flexibility index (Phi) is 2.88. The van der Waals surface area contributed by atoms with Gasteiger partial charge in [0.15, 0.2) is 0 Å². The molecular weight excluding hydrogens is 218 g/mol. The fourth-order valence-electron chi connectivity index (χ4n) is 2.13. The maximum Gasteiger partial charge on any atom is 0.227 e. The summed E-state index contributed by atoms with van der Waals surface area (Å²) in [6.07, 6.45) is 0.0374. The number of hydrogen-bond donors (Lipinski definition) is 0. The summed E-state index contributed by atoms with van der Waals surface area (Å²) < 4.78 is 0. The molecule has 0 radical (unpaired) electrons. The number of nitrogens with zero attached hydrogens (tertiary/aromatic N) is 1. The van der Waals surface area contributed by atoms with Gasteiger partial charge in [0.25, 0.3) is 0 Å². The number of hydrogen-bond acceptors (Lipinski definition) is 3. The van der Waals surface area contributed by atoms with Gasteiger partial charge in [0.05, 0.1) is 0 Å².